The summed E-state index contributed by atoms with van der Waals surface area (Å²) < 4.78 is 24.2. The van der Waals surface area contributed by atoms with Crippen LogP contribution in [0.3, 0.4) is 0 Å². The molecule has 0 bridgehead atoms. The van der Waals surface area contributed by atoms with Gasteiger partial charge in [-0.2, -0.15) is 0 Å². The van der Waals surface area contributed by atoms with Crippen molar-refractivity contribution in [2.45, 2.75) is 12.6 Å². The van der Waals surface area contributed by atoms with Crippen molar-refractivity contribution in [1.82, 2.24) is 20.9 Å². The first-order valence-corrected chi connectivity index (χ1v) is 9.50. The Kier molecular flexibility index (Phi) is 7.60. The number of halogens is 1. The second kappa shape index (κ2) is 10.6. The van der Waals surface area contributed by atoms with Crippen molar-refractivity contribution >= 4 is 11.9 Å². The van der Waals surface area contributed by atoms with Gasteiger partial charge in [-0.05, 0) is 29.8 Å². The molecule has 9 heteroatoms. The van der Waals surface area contributed by atoms with Crippen LogP contribution in [0.2, 0.25) is 0 Å². The van der Waals surface area contributed by atoms with Gasteiger partial charge in [-0.25, -0.2) is 9.18 Å². The standard InChI is InChI=1S/C20H25FN4O4/c21-16-4-1-3-15(11-16)18(25-6-9-28-10-7-25)13-23-20(27)24-14-19(26)22-12-17-5-2-8-29-17/h1-5,8,11,18H,6-7,9-10,12-14H2,(H,22,26)(H2,23,24,27). The molecule has 1 aromatic carbocycles. The summed E-state index contributed by atoms with van der Waals surface area (Å²) in [5.74, 6) is -0.0175. The van der Waals surface area contributed by atoms with Crippen molar-refractivity contribution in [3.8, 4) is 0 Å². The van der Waals surface area contributed by atoms with E-state index in [1.165, 1.54) is 18.4 Å². The van der Waals surface area contributed by atoms with Crippen molar-refractivity contribution in [2.75, 3.05) is 39.4 Å². The van der Waals surface area contributed by atoms with Gasteiger partial charge in [-0.1, -0.05) is 12.1 Å². The molecule has 1 fully saturated rings. The Bertz CT molecular complexity index is 794. The minimum absolute atomic E-state index is 0.158. The number of hydrogen-bond donors (Lipinski definition) is 3. The molecule has 1 aromatic heterocycles. The molecular formula is C20H25FN4O4. The molecule has 1 aliphatic heterocycles. The third-order valence-electron chi connectivity index (χ3n) is 4.63. The predicted octanol–water partition coefficient (Wildman–Crippen LogP) is 1.41. The summed E-state index contributed by atoms with van der Waals surface area (Å²) in [6.07, 6.45) is 1.52. The zero-order valence-corrected chi connectivity index (χ0v) is 16.0. The van der Waals surface area contributed by atoms with Crippen molar-refractivity contribution in [1.29, 1.82) is 0 Å². The van der Waals surface area contributed by atoms with Gasteiger partial charge < -0.3 is 25.1 Å². The molecule has 1 saturated heterocycles. The van der Waals surface area contributed by atoms with Crippen molar-refractivity contribution in [3.63, 3.8) is 0 Å². The number of amides is 3. The molecule has 2 aromatic rings. The Hall–Kier alpha value is -2.91. The molecular weight excluding hydrogens is 379 g/mol. The number of ether oxygens (including phenoxy) is 1. The number of nitrogens with zero attached hydrogens (tertiary/aromatic N) is 1. The first-order valence-electron chi connectivity index (χ1n) is 9.50. The lowest BCUT2D eigenvalue weighted by Crippen LogP contribution is -2.47. The molecule has 156 valence electrons. The highest BCUT2D eigenvalue weighted by atomic mass is 19.1. The molecule has 0 radical (unpaired) electrons. The van der Waals surface area contributed by atoms with E-state index in [2.05, 4.69) is 20.9 Å². The molecule has 3 amide bonds. The fourth-order valence-electron chi connectivity index (χ4n) is 3.13. The minimum atomic E-state index is -0.465. The van der Waals surface area contributed by atoms with Crippen LogP contribution < -0.4 is 16.0 Å². The second-order valence-electron chi connectivity index (χ2n) is 6.64. The monoisotopic (exact) mass is 404 g/mol. The summed E-state index contributed by atoms with van der Waals surface area (Å²) in [5, 5.41) is 7.94. The lowest BCUT2D eigenvalue weighted by Gasteiger charge is -2.34. The second-order valence-corrected chi connectivity index (χ2v) is 6.64. The van der Waals surface area contributed by atoms with E-state index in [-0.39, 0.29) is 37.4 Å². The third-order valence-corrected chi connectivity index (χ3v) is 4.63. The molecule has 0 saturated carbocycles. The van der Waals surface area contributed by atoms with Gasteiger partial charge in [0.1, 0.15) is 11.6 Å². The van der Waals surface area contributed by atoms with Crippen LogP contribution in [0, 0.1) is 5.82 Å². The highest BCUT2D eigenvalue weighted by molar-refractivity contribution is 5.83. The molecule has 8 nitrogen and oxygen atoms in total. The molecule has 0 aliphatic carbocycles. The summed E-state index contributed by atoms with van der Waals surface area (Å²) in [6, 6.07) is 9.19. The van der Waals surface area contributed by atoms with E-state index >= 15 is 0 Å². The Labute approximate surface area is 168 Å². The number of nitrogens with one attached hydrogen (secondary N) is 3. The largest absolute Gasteiger partial charge is 0.467 e. The Balaban J connectivity index is 1.47. The minimum Gasteiger partial charge on any atom is -0.467 e. The first kappa shape index (κ1) is 20.8. The number of carbonyl (C=O) groups excluding carboxylic acids is 2. The molecule has 3 N–H and O–H groups in total. The number of furan rings is 1. The molecule has 2 heterocycles. The SMILES string of the molecule is O=C(CNC(=O)NCC(c1cccc(F)c1)N1CCOCC1)NCc1ccco1. The summed E-state index contributed by atoms with van der Waals surface area (Å²) in [7, 11) is 0. The lowest BCUT2D eigenvalue weighted by molar-refractivity contribution is -0.120. The van der Waals surface area contributed by atoms with Gasteiger partial charge in [0.05, 0.1) is 38.6 Å². The topological polar surface area (TPSA) is 95.8 Å². The van der Waals surface area contributed by atoms with Gasteiger partial charge >= 0.3 is 6.03 Å². The van der Waals surface area contributed by atoms with Gasteiger partial charge in [0.25, 0.3) is 0 Å². The maximum absolute atomic E-state index is 13.7. The van der Waals surface area contributed by atoms with E-state index in [0.717, 1.165) is 5.56 Å². The van der Waals surface area contributed by atoms with E-state index in [4.69, 9.17) is 9.15 Å². The fraction of sp³-hybridized carbons (Fsp3) is 0.400. The number of morpholine rings is 1. The maximum Gasteiger partial charge on any atom is 0.315 e. The van der Waals surface area contributed by atoms with Crippen LogP contribution in [0.15, 0.2) is 47.1 Å². The van der Waals surface area contributed by atoms with Crippen molar-refractivity contribution in [2.24, 2.45) is 0 Å². The predicted molar refractivity (Wildman–Crippen MR) is 103 cm³/mol. The van der Waals surface area contributed by atoms with Gasteiger partial charge in [-0.3, -0.25) is 9.69 Å². The zero-order chi connectivity index (χ0) is 20.5. The van der Waals surface area contributed by atoms with Gasteiger partial charge in [0.15, 0.2) is 0 Å². The normalized spacial score (nSPS) is 15.5. The van der Waals surface area contributed by atoms with Gasteiger partial charge in [0.2, 0.25) is 5.91 Å². The zero-order valence-electron chi connectivity index (χ0n) is 16.0. The third kappa shape index (κ3) is 6.58. The van der Waals surface area contributed by atoms with Crippen LogP contribution in [0.5, 0.6) is 0 Å². The van der Waals surface area contributed by atoms with E-state index in [1.54, 1.807) is 18.2 Å². The van der Waals surface area contributed by atoms with Crippen LogP contribution in [-0.2, 0) is 16.1 Å². The number of rotatable bonds is 8. The maximum atomic E-state index is 13.7. The number of carbonyl (C=O) groups is 2. The molecule has 0 spiro atoms. The Morgan fingerprint density at radius 2 is 1.93 bits per heavy atom. The summed E-state index contributed by atoms with van der Waals surface area (Å²) >= 11 is 0. The number of urea groups is 1. The van der Waals surface area contributed by atoms with Crippen LogP contribution in [0.1, 0.15) is 17.4 Å². The summed E-state index contributed by atoms with van der Waals surface area (Å²) in [5.41, 5.74) is 0.781. The highest BCUT2D eigenvalue weighted by Gasteiger charge is 2.23. The number of hydrogen-bond acceptors (Lipinski definition) is 5. The smallest absolute Gasteiger partial charge is 0.315 e. The lowest BCUT2D eigenvalue weighted by atomic mass is 10.0. The molecule has 1 unspecified atom stereocenters. The quantitative estimate of drug-likeness (QED) is 0.618. The van der Waals surface area contributed by atoms with Crippen LogP contribution in [0.25, 0.3) is 0 Å². The van der Waals surface area contributed by atoms with Crippen LogP contribution >= 0.6 is 0 Å². The van der Waals surface area contributed by atoms with E-state index in [1.807, 2.05) is 6.07 Å². The fourth-order valence-corrected chi connectivity index (χ4v) is 3.13. The van der Waals surface area contributed by atoms with Gasteiger partial charge in [0, 0.05) is 19.6 Å². The molecule has 1 atom stereocenters. The molecule has 29 heavy (non-hydrogen) atoms. The first-order chi connectivity index (χ1) is 14.1. The van der Waals surface area contributed by atoms with Crippen molar-refractivity contribution in [3.05, 3.63) is 59.8 Å². The highest BCUT2D eigenvalue weighted by Crippen LogP contribution is 2.22. The summed E-state index contributed by atoms with van der Waals surface area (Å²) in [4.78, 5) is 26.1. The Morgan fingerprint density at radius 3 is 2.66 bits per heavy atom. The average Bonchev–Trinajstić information content (AvgIpc) is 3.25. The van der Waals surface area contributed by atoms with E-state index < -0.39 is 6.03 Å². The number of benzene rings is 1. The van der Waals surface area contributed by atoms with Gasteiger partial charge in [-0.15, -0.1) is 0 Å². The van der Waals surface area contributed by atoms with E-state index in [0.29, 0.717) is 32.1 Å². The average molecular weight is 404 g/mol. The van der Waals surface area contributed by atoms with Crippen LogP contribution in [0.4, 0.5) is 9.18 Å². The van der Waals surface area contributed by atoms with Crippen molar-refractivity contribution < 1.29 is 23.1 Å². The Morgan fingerprint density at radius 1 is 1.10 bits per heavy atom. The van der Waals surface area contributed by atoms with E-state index in [9.17, 15) is 14.0 Å². The molecule has 1 aliphatic rings. The van der Waals surface area contributed by atoms with Crippen LogP contribution in [-0.4, -0.2) is 56.2 Å². The summed E-state index contributed by atoms with van der Waals surface area (Å²) in [6.45, 7) is 2.95. The molecule has 3 rings (SSSR count).